The van der Waals surface area contributed by atoms with E-state index in [9.17, 15) is 4.79 Å². The van der Waals surface area contributed by atoms with Gasteiger partial charge in [0.15, 0.2) is 0 Å². The summed E-state index contributed by atoms with van der Waals surface area (Å²) in [5.41, 5.74) is 0. The van der Waals surface area contributed by atoms with Gasteiger partial charge in [0.05, 0.1) is 19.3 Å². The van der Waals surface area contributed by atoms with Crippen LogP contribution in [0, 0.1) is 0 Å². The van der Waals surface area contributed by atoms with Crippen molar-refractivity contribution < 1.29 is 9.53 Å². The first-order valence-electron chi connectivity index (χ1n) is 5.32. The van der Waals surface area contributed by atoms with Crippen molar-refractivity contribution in [3.8, 4) is 0 Å². The number of likely N-dealkylation sites (N-methyl/N-ethyl adjacent to an activating group) is 2. The molecule has 5 heteroatoms. The van der Waals surface area contributed by atoms with Crippen LogP contribution in [0.3, 0.4) is 0 Å². The van der Waals surface area contributed by atoms with Crippen molar-refractivity contribution in [2.45, 2.75) is 6.10 Å². The highest BCUT2D eigenvalue weighted by Gasteiger charge is 2.21. The van der Waals surface area contributed by atoms with E-state index in [0.29, 0.717) is 13.2 Å². The Labute approximate surface area is 91.4 Å². The van der Waals surface area contributed by atoms with Crippen molar-refractivity contribution in [1.82, 2.24) is 15.1 Å². The first kappa shape index (κ1) is 12.4. The molecule has 0 aromatic heterocycles. The lowest BCUT2D eigenvalue weighted by Gasteiger charge is -2.32. The number of hydrogen-bond donors (Lipinski definition) is 1. The van der Waals surface area contributed by atoms with Crippen LogP contribution in [-0.2, 0) is 9.53 Å². The van der Waals surface area contributed by atoms with E-state index in [4.69, 9.17) is 4.74 Å². The standard InChI is InChI=1S/C10H21N3O2/c1-11-6-9-7-13(4-5-15-9)8-10(14)12(2)3/h9,11H,4-8H2,1-3H3. The monoisotopic (exact) mass is 215 g/mol. The van der Waals surface area contributed by atoms with Crippen LogP contribution in [0.15, 0.2) is 0 Å². The Hall–Kier alpha value is -0.650. The van der Waals surface area contributed by atoms with Gasteiger partial charge in [0.2, 0.25) is 5.91 Å². The first-order chi connectivity index (χ1) is 7.13. The molecule has 0 aromatic rings. The molecule has 1 aliphatic rings. The summed E-state index contributed by atoms with van der Waals surface area (Å²) < 4.78 is 5.56. The van der Waals surface area contributed by atoms with Crippen LogP contribution in [0.25, 0.3) is 0 Å². The smallest absolute Gasteiger partial charge is 0.236 e. The van der Waals surface area contributed by atoms with E-state index in [1.807, 2.05) is 7.05 Å². The molecule has 1 atom stereocenters. The zero-order valence-corrected chi connectivity index (χ0v) is 9.82. The molecule has 0 saturated carbocycles. The summed E-state index contributed by atoms with van der Waals surface area (Å²) in [5.74, 6) is 0.153. The van der Waals surface area contributed by atoms with Gasteiger partial charge >= 0.3 is 0 Å². The number of nitrogens with zero attached hydrogens (tertiary/aromatic N) is 2. The Balaban J connectivity index is 2.32. The summed E-state index contributed by atoms with van der Waals surface area (Å²) in [6, 6.07) is 0. The van der Waals surface area contributed by atoms with E-state index < -0.39 is 0 Å². The maximum Gasteiger partial charge on any atom is 0.236 e. The molecule has 1 N–H and O–H groups in total. The Morgan fingerprint density at radius 1 is 1.60 bits per heavy atom. The second kappa shape index (κ2) is 6.05. The molecule has 0 aromatic carbocycles. The lowest BCUT2D eigenvalue weighted by molar-refractivity contribution is -0.131. The van der Waals surface area contributed by atoms with Gasteiger partial charge in [0, 0.05) is 33.7 Å². The molecular formula is C10H21N3O2. The summed E-state index contributed by atoms with van der Waals surface area (Å²) in [4.78, 5) is 15.3. The lowest BCUT2D eigenvalue weighted by atomic mass is 10.2. The maximum absolute atomic E-state index is 11.5. The minimum absolute atomic E-state index is 0.153. The number of nitrogens with one attached hydrogen (secondary N) is 1. The molecule has 5 nitrogen and oxygen atoms in total. The maximum atomic E-state index is 11.5. The minimum atomic E-state index is 0.153. The van der Waals surface area contributed by atoms with E-state index in [1.54, 1.807) is 19.0 Å². The number of hydrogen-bond acceptors (Lipinski definition) is 4. The highest BCUT2D eigenvalue weighted by atomic mass is 16.5. The highest BCUT2D eigenvalue weighted by Crippen LogP contribution is 2.04. The SMILES string of the molecule is CNCC1CN(CC(=O)N(C)C)CCO1. The van der Waals surface area contributed by atoms with Gasteiger partial charge < -0.3 is 15.0 Å². The van der Waals surface area contributed by atoms with E-state index in [-0.39, 0.29) is 12.0 Å². The van der Waals surface area contributed by atoms with Gasteiger partial charge in [-0.1, -0.05) is 0 Å². The Morgan fingerprint density at radius 3 is 2.93 bits per heavy atom. The van der Waals surface area contributed by atoms with E-state index >= 15 is 0 Å². The van der Waals surface area contributed by atoms with E-state index in [2.05, 4.69) is 10.2 Å². The normalized spacial score (nSPS) is 22.7. The van der Waals surface area contributed by atoms with Gasteiger partial charge in [-0.3, -0.25) is 9.69 Å². The molecule has 1 fully saturated rings. The summed E-state index contributed by atoms with van der Waals surface area (Å²) in [5, 5.41) is 3.09. The van der Waals surface area contributed by atoms with Gasteiger partial charge in [-0.25, -0.2) is 0 Å². The molecule has 1 rings (SSSR count). The summed E-state index contributed by atoms with van der Waals surface area (Å²) in [6.07, 6.45) is 0.207. The zero-order chi connectivity index (χ0) is 11.3. The van der Waals surface area contributed by atoms with Gasteiger partial charge in [-0.05, 0) is 7.05 Å². The van der Waals surface area contributed by atoms with Gasteiger partial charge in [0.1, 0.15) is 0 Å². The third-order valence-corrected chi connectivity index (χ3v) is 2.51. The summed E-state index contributed by atoms with van der Waals surface area (Å²) in [6.45, 7) is 3.73. The van der Waals surface area contributed by atoms with Crippen molar-refractivity contribution in [3.05, 3.63) is 0 Å². The molecule has 1 amide bonds. The predicted octanol–water partition coefficient (Wildman–Crippen LogP) is -1.01. The van der Waals surface area contributed by atoms with Crippen molar-refractivity contribution in [3.63, 3.8) is 0 Å². The number of morpholine rings is 1. The fraction of sp³-hybridized carbons (Fsp3) is 0.900. The Morgan fingerprint density at radius 2 is 2.33 bits per heavy atom. The molecule has 88 valence electrons. The predicted molar refractivity (Wildman–Crippen MR) is 58.8 cm³/mol. The van der Waals surface area contributed by atoms with Crippen molar-refractivity contribution in [1.29, 1.82) is 0 Å². The number of carbonyl (C=O) groups excluding carboxylic acids is 1. The van der Waals surface area contributed by atoms with Gasteiger partial charge in [0.25, 0.3) is 0 Å². The van der Waals surface area contributed by atoms with Crippen LogP contribution in [0.5, 0.6) is 0 Å². The highest BCUT2D eigenvalue weighted by molar-refractivity contribution is 5.77. The van der Waals surface area contributed by atoms with Crippen molar-refractivity contribution in [2.75, 3.05) is 53.9 Å². The van der Waals surface area contributed by atoms with Crippen LogP contribution in [-0.4, -0.2) is 75.7 Å². The fourth-order valence-electron chi connectivity index (χ4n) is 1.61. The quantitative estimate of drug-likeness (QED) is 0.653. The van der Waals surface area contributed by atoms with Crippen LogP contribution < -0.4 is 5.32 Å². The molecule has 1 aliphatic heterocycles. The first-order valence-corrected chi connectivity index (χ1v) is 5.32. The van der Waals surface area contributed by atoms with Gasteiger partial charge in [-0.2, -0.15) is 0 Å². The zero-order valence-electron chi connectivity index (χ0n) is 9.82. The minimum Gasteiger partial charge on any atom is -0.374 e. The molecule has 1 unspecified atom stereocenters. The molecule has 0 spiro atoms. The summed E-state index contributed by atoms with van der Waals surface area (Å²) >= 11 is 0. The van der Waals surface area contributed by atoms with Crippen molar-refractivity contribution >= 4 is 5.91 Å². The molecule has 0 bridgehead atoms. The topological polar surface area (TPSA) is 44.8 Å². The third kappa shape index (κ3) is 4.15. The van der Waals surface area contributed by atoms with Gasteiger partial charge in [-0.15, -0.1) is 0 Å². The molecular weight excluding hydrogens is 194 g/mol. The second-order valence-electron chi connectivity index (χ2n) is 4.07. The van der Waals surface area contributed by atoms with Crippen molar-refractivity contribution in [2.24, 2.45) is 0 Å². The average molecular weight is 215 g/mol. The molecule has 15 heavy (non-hydrogen) atoms. The van der Waals surface area contributed by atoms with Crippen LogP contribution in [0.2, 0.25) is 0 Å². The van der Waals surface area contributed by atoms with E-state index in [1.165, 1.54) is 0 Å². The Kier molecular flexibility index (Phi) is 5.01. The average Bonchev–Trinajstić information content (AvgIpc) is 2.18. The third-order valence-electron chi connectivity index (χ3n) is 2.51. The lowest BCUT2D eigenvalue weighted by Crippen LogP contribution is -2.49. The molecule has 1 saturated heterocycles. The number of rotatable bonds is 4. The largest absolute Gasteiger partial charge is 0.374 e. The number of amides is 1. The van der Waals surface area contributed by atoms with E-state index in [0.717, 1.165) is 19.6 Å². The molecule has 0 radical (unpaired) electrons. The van der Waals surface area contributed by atoms with Crippen LogP contribution in [0.4, 0.5) is 0 Å². The number of ether oxygens (including phenoxy) is 1. The number of carbonyl (C=O) groups is 1. The van der Waals surface area contributed by atoms with Crippen LogP contribution >= 0.6 is 0 Å². The molecule has 1 heterocycles. The van der Waals surface area contributed by atoms with Crippen LogP contribution in [0.1, 0.15) is 0 Å². The summed E-state index contributed by atoms with van der Waals surface area (Å²) in [7, 11) is 5.48. The molecule has 0 aliphatic carbocycles. The Bertz CT molecular complexity index is 207. The fourth-order valence-corrected chi connectivity index (χ4v) is 1.61. The second-order valence-corrected chi connectivity index (χ2v) is 4.07.